The first-order valence-electron chi connectivity index (χ1n) is 3.10. The van der Waals surface area contributed by atoms with E-state index < -0.39 is 0 Å². The van der Waals surface area contributed by atoms with Crippen LogP contribution < -0.4 is 0 Å². The van der Waals surface area contributed by atoms with Gasteiger partial charge in [0, 0.05) is 5.02 Å². The summed E-state index contributed by atoms with van der Waals surface area (Å²) >= 11 is 5.54. The first-order chi connectivity index (χ1) is 4.39. The maximum absolute atomic E-state index is 5.54. The lowest BCUT2D eigenvalue weighted by Crippen LogP contribution is -1.55. The van der Waals surface area contributed by atoms with Crippen LogP contribution in [0.4, 0.5) is 0 Å². The van der Waals surface area contributed by atoms with Gasteiger partial charge < -0.3 is 0 Å². The number of halogens is 1. The highest BCUT2D eigenvalue weighted by molar-refractivity contribution is 6.30. The van der Waals surface area contributed by atoms with Crippen LogP contribution in [0.1, 0.15) is 0 Å². The van der Waals surface area contributed by atoms with E-state index in [1.165, 1.54) is 10.2 Å². The lowest BCUT2D eigenvalue weighted by molar-refractivity contribution is 1.71. The van der Waals surface area contributed by atoms with E-state index in [-0.39, 0.29) is 0 Å². The smallest absolute Gasteiger partial charge is 0.0405 e. The quantitative estimate of drug-likeness (QED) is 0.505. The van der Waals surface area contributed by atoms with Gasteiger partial charge in [0.05, 0.1) is 0 Å². The van der Waals surface area contributed by atoms with Crippen LogP contribution in [0.15, 0.2) is 30.3 Å². The summed E-state index contributed by atoms with van der Waals surface area (Å²) in [6.45, 7) is 2.14. The molecule has 0 saturated heterocycles. The number of hydrogen-bond acceptors (Lipinski definition) is 0. The molecule has 0 N–H and O–H groups in total. The third kappa shape index (κ3) is 4.24. The van der Waals surface area contributed by atoms with Crippen molar-refractivity contribution in [3.63, 3.8) is 0 Å². The van der Waals surface area contributed by atoms with Gasteiger partial charge in [0.2, 0.25) is 0 Å². The van der Waals surface area contributed by atoms with Crippen molar-refractivity contribution < 1.29 is 0 Å². The molecule has 9 heavy (non-hydrogen) atoms. The molecule has 0 unspecified atom stereocenters. The zero-order chi connectivity index (χ0) is 7.11. The Bertz CT molecular complexity index is 139. The van der Waals surface area contributed by atoms with Crippen molar-refractivity contribution in [2.24, 2.45) is 0 Å². The Hall–Kier alpha value is -0.273. The van der Waals surface area contributed by atoms with Crippen LogP contribution in [0.2, 0.25) is 11.6 Å². The zero-order valence-corrected chi connectivity index (χ0v) is 8.52. The van der Waals surface area contributed by atoms with Crippen LogP contribution in [0, 0.1) is 0 Å². The molecule has 0 nitrogen and oxygen atoms in total. The molecule has 0 saturated carbocycles. The second-order valence-electron chi connectivity index (χ2n) is 1.30. The van der Waals surface area contributed by atoms with Gasteiger partial charge in [-0.15, -0.1) is 0 Å². The van der Waals surface area contributed by atoms with Crippen LogP contribution in [0.3, 0.4) is 0 Å². The largest absolute Gasteiger partial charge is 0.0843 e. The molecule has 0 heterocycles. The summed E-state index contributed by atoms with van der Waals surface area (Å²) in [5.41, 5.74) is 0. The second-order valence-corrected chi connectivity index (χ2v) is 1.73. The van der Waals surface area contributed by atoms with E-state index in [1.807, 2.05) is 30.3 Å². The lowest BCUT2D eigenvalue weighted by Gasteiger charge is -1.80. The van der Waals surface area contributed by atoms with Crippen LogP contribution >= 0.6 is 11.6 Å². The molecular formula is C7H11ClSi. The minimum Gasteiger partial charge on any atom is -0.0843 e. The molecule has 1 rings (SSSR count). The minimum absolute atomic E-state index is 0.794. The van der Waals surface area contributed by atoms with E-state index in [0.717, 1.165) is 5.02 Å². The molecule has 0 bridgehead atoms. The molecule has 0 fully saturated rings. The Morgan fingerprint density at radius 2 is 1.56 bits per heavy atom. The van der Waals surface area contributed by atoms with Crippen LogP contribution in [0.5, 0.6) is 0 Å². The molecule has 50 valence electrons. The highest BCUT2D eigenvalue weighted by Gasteiger charge is 1.74. The molecule has 2 heteroatoms. The fourth-order valence-electron chi connectivity index (χ4n) is 0.415. The van der Waals surface area contributed by atoms with Gasteiger partial charge in [-0.05, 0) is 22.4 Å². The second kappa shape index (κ2) is 5.86. The Labute approximate surface area is 64.3 Å². The molecular weight excluding hydrogens is 148 g/mol. The monoisotopic (exact) mass is 158 g/mol. The van der Waals surface area contributed by atoms with E-state index in [0.29, 0.717) is 0 Å². The molecule has 0 amide bonds. The van der Waals surface area contributed by atoms with Crippen LogP contribution in [0.25, 0.3) is 0 Å². The van der Waals surface area contributed by atoms with Gasteiger partial charge in [0.1, 0.15) is 0 Å². The Morgan fingerprint density at radius 1 is 1.11 bits per heavy atom. The summed E-state index contributed by atoms with van der Waals surface area (Å²) in [5.74, 6) is 0. The summed E-state index contributed by atoms with van der Waals surface area (Å²) in [7, 11) is 1.31. The maximum atomic E-state index is 5.54. The zero-order valence-electron chi connectivity index (χ0n) is 5.76. The van der Waals surface area contributed by atoms with Crippen molar-refractivity contribution in [2.45, 2.75) is 6.55 Å². The van der Waals surface area contributed by atoms with Gasteiger partial charge in [-0.3, -0.25) is 0 Å². The molecule has 1 aromatic rings. The van der Waals surface area contributed by atoms with E-state index in [9.17, 15) is 0 Å². The van der Waals surface area contributed by atoms with E-state index in [4.69, 9.17) is 11.6 Å². The molecule has 0 aliphatic rings. The van der Waals surface area contributed by atoms with Crippen molar-refractivity contribution in [1.82, 2.24) is 0 Å². The molecule has 0 atom stereocenters. The van der Waals surface area contributed by atoms with E-state index >= 15 is 0 Å². The highest BCUT2D eigenvalue weighted by atomic mass is 35.5. The summed E-state index contributed by atoms with van der Waals surface area (Å²) in [6, 6.07) is 9.44. The molecule has 0 aromatic heterocycles. The van der Waals surface area contributed by atoms with Crippen molar-refractivity contribution in [3.8, 4) is 0 Å². The summed E-state index contributed by atoms with van der Waals surface area (Å²) in [5, 5.41) is 0.794. The highest BCUT2D eigenvalue weighted by Crippen LogP contribution is 2.03. The Balaban J connectivity index is 0.000000291. The Morgan fingerprint density at radius 3 is 1.78 bits per heavy atom. The molecule has 0 spiro atoms. The molecule has 0 aliphatic heterocycles. The van der Waals surface area contributed by atoms with Gasteiger partial charge in [-0.2, -0.15) is 0 Å². The SMILES string of the molecule is C[SiH3].Clc1ccccc1. The summed E-state index contributed by atoms with van der Waals surface area (Å²) in [4.78, 5) is 0. The first kappa shape index (κ1) is 8.73. The molecule has 0 aliphatic carbocycles. The number of benzene rings is 1. The third-order valence-electron chi connectivity index (χ3n) is 0.733. The van der Waals surface area contributed by atoms with Gasteiger partial charge in [-0.1, -0.05) is 36.3 Å². The van der Waals surface area contributed by atoms with Crippen molar-refractivity contribution in [1.29, 1.82) is 0 Å². The van der Waals surface area contributed by atoms with E-state index in [1.54, 1.807) is 0 Å². The van der Waals surface area contributed by atoms with E-state index in [2.05, 4.69) is 6.55 Å². The van der Waals surface area contributed by atoms with Crippen molar-refractivity contribution in [2.75, 3.05) is 0 Å². The number of hydrogen-bond donors (Lipinski definition) is 0. The summed E-state index contributed by atoms with van der Waals surface area (Å²) in [6.07, 6.45) is 0. The standard InChI is InChI=1S/C6H5Cl.CH6Si/c7-6-4-2-1-3-5-6;1-2/h1-5H;1-2H3. The Kier molecular flexibility index (Phi) is 5.68. The molecule has 1 aromatic carbocycles. The lowest BCUT2D eigenvalue weighted by atomic mass is 10.4. The molecule has 0 radical (unpaired) electrons. The van der Waals surface area contributed by atoms with Gasteiger partial charge in [0.25, 0.3) is 0 Å². The van der Waals surface area contributed by atoms with Gasteiger partial charge in [0.15, 0.2) is 0 Å². The predicted octanol–water partition coefficient (Wildman–Crippen LogP) is 1.74. The first-order valence-corrected chi connectivity index (χ1v) is 5.48. The average Bonchev–Trinajstić information content (AvgIpc) is 1.94. The maximum Gasteiger partial charge on any atom is 0.0405 e. The normalized spacial score (nSPS) is 7.78. The number of rotatable bonds is 0. The van der Waals surface area contributed by atoms with Gasteiger partial charge in [-0.25, -0.2) is 0 Å². The average molecular weight is 159 g/mol. The van der Waals surface area contributed by atoms with Crippen molar-refractivity contribution >= 4 is 21.8 Å². The predicted molar refractivity (Wildman–Crippen MR) is 47.3 cm³/mol. The fraction of sp³-hybridized carbons (Fsp3) is 0.143. The topological polar surface area (TPSA) is 0 Å². The van der Waals surface area contributed by atoms with Crippen LogP contribution in [-0.2, 0) is 0 Å². The minimum atomic E-state index is 0.794. The van der Waals surface area contributed by atoms with Crippen LogP contribution in [-0.4, -0.2) is 10.2 Å². The summed E-state index contributed by atoms with van der Waals surface area (Å²) < 4.78 is 0. The third-order valence-corrected chi connectivity index (χ3v) is 0.985. The fourth-order valence-corrected chi connectivity index (χ4v) is 0.560. The van der Waals surface area contributed by atoms with Gasteiger partial charge >= 0.3 is 0 Å². The van der Waals surface area contributed by atoms with Crippen molar-refractivity contribution in [3.05, 3.63) is 35.4 Å².